The van der Waals surface area contributed by atoms with Crippen LogP contribution in [0, 0.1) is 5.92 Å². The first-order chi connectivity index (χ1) is 10.3. The Bertz CT molecular complexity index is 408. The number of rotatable bonds is 7. The molecule has 1 atom stereocenters. The molecule has 2 fully saturated rings. The van der Waals surface area contributed by atoms with Gasteiger partial charge in [-0.1, -0.05) is 30.3 Å². The number of benzene rings is 1. The van der Waals surface area contributed by atoms with Crippen LogP contribution in [0.4, 0.5) is 0 Å². The maximum absolute atomic E-state index is 6.27. The lowest BCUT2D eigenvalue weighted by Gasteiger charge is -2.34. The molecule has 1 aromatic rings. The first-order valence-electron chi connectivity index (χ1n) is 8.56. The third kappa shape index (κ3) is 4.80. The second-order valence-corrected chi connectivity index (χ2v) is 6.75. The van der Waals surface area contributed by atoms with Gasteiger partial charge >= 0.3 is 0 Å². The van der Waals surface area contributed by atoms with E-state index in [0.717, 1.165) is 12.3 Å². The molecule has 3 rings (SSSR count). The Morgan fingerprint density at radius 2 is 1.67 bits per heavy atom. The van der Waals surface area contributed by atoms with Gasteiger partial charge in [0.25, 0.3) is 0 Å². The normalized spacial score (nSPS) is 22.3. The summed E-state index contributed by atoms with van der Waals surface area (Å²) in [6.07, 6.45) is 5.24. The van der Waals surface area contributed by atoms with Gasteiger partial charge in [-0.2, -0.15) is 0 Å². The predicted octanol–water partition coefficient (Wildman–Crippen LogP) is 2.49. The molecule has 2 N–H and O–H groups in total. The molecule has 1 heterocycles. The first kappa shape index (κ1) is 15.0. The van der Waals surface area contributed by atoms with Crippen molar-refractivity contribution in [2.45, 2.75) is 31.7 Å². The van der Waals surface area contributed by atoms with Gasteiger partial charge in [0.15, 0.2) is 0 Å². The van der Waals surface area contributed by atoms with Crippen molar-refractivity contribution >= 4 is 0 Å². The molecule has 1 aromatic carbocycles. The van der Waals surface area contributed by atoms with Crippen molar-refractivity contribution in [2.75, 3.05) is 39.3 Å². The van der Waals surface area contributed by atoms with Crippen LogP contribution in [0.25, 0.3) is 0 Å². The molecule has 1 aliphatic heterocycles. The average Bonchev–Trinajstić information content (AvgIpc) is 3.34. The third-order valence-corrected chi connectivity index (χ3v) is 4.90. The van der Waals surface area contributed by atoms with Crippen LogP contribution in [0.3, 0.4) is 0 Å². The molecule has 0 aromatic heterocycles. The van der Waals surface area contributed by atoms with Crippen molar-refractivity contribution in [1.82, 2.24) is 9.80 Å². The van der Waals surface area contributed by atoms with Crippen LogP contribution < -0.4 is 5.73 Å². The van der Waals surface area contributed by atoms with E-state index in [-0.39, 0.29) is 6.04 Å². The largest absolute Gasteiger partial charge is 0.324 e. The van der Waals surface area contributed by atoms with Gasteiger partial charge in [0, 0.05) is 38.8 Å². The third-order valence-electron chi connectivity index (χ3n) is 4.90. The van der Waals surface area contributed by atoms with E-state index >= 15 is 0 Å². The number of hydrogen-bond acceptors (Lipinski definition) is 3. The van der Waals surface area contributed by atoms with E-state index in [9.17, 15) is 0 Å². The Labute approximate surface area is 129 Å². The van der Waals surface area contributed by atoms with Crippen molar-refractivity contribution in [2.24, 2.45) is 11.7 Å². The van der Waals surface area contributed by atoms with Crippen molar-refractivity contribution < 1.29 is 0 Å². The van der Waals surface area contributed by atoms with Crippen LogP contribution in [-0.4, -0.2) is 49.1 Å². The van der Waals surface area contributed by atoms with Crippen molar-refractivity contribution in [3.63, 3.8) is 0 Å². The molecule has 2 aliphatic rings. The van der Waals surface area contributed by atoms with Crippen LogP contribution in [-0.2, 0) is 0 Å². The predicted molar refractivity (Wildman–Crippen MR) is 88.2 cm³/mol. The zero-order chi connectivity index (χ0) is 14.5. The zero-order valence-corrected chi connectivity index (χ0v) is 13.1. The Hall–Kier alpha value is -0.900. The molecule has 1 saturated heterocycles. The molecule has 3 heteroatoms. The van der Waals surface area contributed by atoms with E-state index in [1.807, 2.05) is 0 Å². The topological polar surface area (TPSA) is 32.5 Å². The monoisotopic (exact) mass is 287 g/mol. The molecular formula is C18H29N3. The highest BCUT2D eigenvalue weighted by Gasteiger charge is 2.26. The van der Waals surface area contributed by atoms with E-state index in [1.54, 1.807) is 0 Å². The summed E-state index contributed by atoms with van der Waals surface area (Å²) in [7, 11) is 0. The maximum Gasteiger partial charge on any atom is 0.0295 e. The lowest BCUT2D eigenvalue weighted by Crippen LogP contribution is -2.47. The molecule has 0 bridgehead atoms. The SMILES string of the molecule is NC(CCCN1CCN(CC2CC2)CC1)c1ccccc1. The lowest BCUT2D eigenvalue weighted by atomic mass is 10.0. The Kier molecular flexibility index (Phi) is 5.28. The number of nitrogens with two attached hydrogens (primary N) is 1. The van der Waals surface area contributed by atoms with Crippen LogP contribution in [0.15, 0.2) is 30.3 Å². The van der Waals surface area contributed by atoms with Crippen molar-refractivity contribution in [3.8, 4) is 0 Å². The minimum atomic E-state index is 0.197. The van der Waals surface area contributed by atoms with Crippen LogP contribution in [0.2, 0.25) is 0 Å². The second-order valence-electron chi connectivity index (χ2n) is 6.75. The lowest BCUT2D eigenvalue weighted by molar-refractivity contribution is 0.126. The molecule has 0 radical (unpaired) electrons. The van der Waals surface area contributed by atoms with E-state index in [4.69, 9.17) is 5.73 Å². The van der Waals surface area contributed by atoms with Gasteiger partial charge in [-0.25, -0.2) is 0 Å². The summed E-state index contributed by atoms with van der Waals surface area (Å²) < 4.78 is 0. The standard InChI is InChI=1S/C18H29N3/c19-18(17-5-2-1-3-6-17)7-4-10-20-11-13-21(14-12-20)15-16-8-9-16/h1-3,5-6,16,18H,4,7-15,19H2. The molecule has 1 aliphatic carbocycles. The summed E-state index contributed by atoms with van der Waals surface area (Å²) in [6, 6.07) is 10.7. The van der Waals surface area contributed by atoms with Gasteiger partial charge in [0.05, 0.1) is 0 Å². The summed E-state index contributed by atoms with van der Waals surface area (Å²) in [4.78, 5) is 5.27. The average molecular weight is 287 g/mol. The van der Waals surface area contributed by atoms with E-state index < -0.39 is 0 Å². The fourth-order valence-corrected chi connectivity index (χ4v) is 3.26. The smallest absolute Gasteiger partial charge is 0.0295 e. The quantitative estimate of drug-likeness (QED) is 0.836. The highest BCUT2D eigenvalue weighted by Crippen LogP contribution is 2.29. The van der Waals surface area contributed by atoms with Crippen LogP contribution in [0.5, 0.6) is 0 Å². The highest BCUT2D eigenvalue weighted by molar-refractivity contribution is 5.18. The Balaban J connectivity index is 1.31. The molecule has 1 unspecified atom stereocenters. The summed E-state index contributed by atoms with van der Waals surface area (Å²) in [5.41, 5.74) is 7.54. The van der Waals surface area contributed by atoms with Crippen molar-refractivity contribution in [3.05, 3.63) is 35.9 Å². The van der Waals surface area contributed by atoms with E-state index in [2.05, 4.69) is 40.1 Å². The van der Waals surface area contributed by atoms with E-state index in [0.29, 0.717) is 0 Å². The van der Waals surface area contributed by atoms with Gasteiger partial charge in [-0.05, 0) is 43.7 Å². The molecular weight excluding hydrogens is 258 g/mol. The van der Waals surface area contributed by atoms with Crippen molar-refractivity contribution in [1.29, 1.82) is 0 Å². The number of hydrogen-bond donors (Lipinski definition) is 1. The number of nitrogens with zero attached hydrogens (tertiary/aromatic N) is 2. The van der Waals surface area contributed by atoms with E-state index in [1.165, 1.54) is 64.1 Å². The Morgan fingerprint density at radius 1 is 1.00 bits per heavy atom. The summed E-state index contributed by atoms with van der Waals surface area (Å²) in [5.74, 6) is 1.03. The van der Waals surface area contributed by atoms with Crippen LogP contribution in [0.1, 0.15) is 37.3 Å². The van der Waals surface area contributed by atoms with Gasteiger partial charge in [-0.3, -0.25) is 0 Å². The Morgan fingerprint density at radius 3 is 2.33 bits per heavy atom. The molecule has 21 heavy (non-hydrogen) atoms. The maximum atomic E-state index is 6.27. The number of piperazine rings is 1. The molecule has 1 saturated carbocycles. The van der Waals surface area contributed by atoms with Gasteiger partial charge in [0.1, 0.15) is 0 Å². The minimum absolute atomic E-state index is 0.197. The highest BCUT2D eigenvalue weighted by atomic mass is 15.3. The van der Waals surface area contributed by atoms with Gasteiger partial charge in [-0.15, -0.1) is 0 Å². The molecule has 3 nitrogen and oxygen atoms in total. The second kappa shape index (κ2) is 7.39. The van der Waals surface area contributed by atoms with Gasteiger partial charge < -0.3 is 15.5 Å². The first-order valence-corrected chi connectivity index (χ1v) is 8.56. The van der Waals surface area contributed by atoms with Crippen LogP contribution >= 0.6 is 0 Å². The molecule has 0 spiro atoms. The summed E-state index contributed by atoms with van der Waals surface area (Å²) in [6.45, 7) is 7.58. The minimum Gasteiger partial charge on any atom is -0.324 e. The summed E-state index contributed by atoms with van der Waals surface area (Å²) >= 11 is 0. The fourth-order valence-electron chi connectivity index (χ4n) is 3.26. The zero-order valence-electron chi connectivity index (χ0n) is 13.1. The van der Waals surface area contributed by atoms with Gasteiger partial charge in [0.2, 0.25) is 0 Å². The summed E-state index contributed by atoms with van der Waals surface area (Å²) in [5, 5.41) is 0. The molecule has 0 amide bonds. The fraction of sp³-hybridized carbons (Fsp3) is 0.667. The molecule has 116 valence electrons.